The Bertz CT molecular complexity index is 2050. The molecule has 9 nitrogen and oxygen atoms in total. The molecular weight excluding hydrogens is 694 g/mol. The van der Waals surface area contributed by atoms with E-state index in [1.807, 2.05) is 116 Å². The number of hydrogen-bond donors (Lipinski definition) is 2. The molecule has 0 bridgehead atoms. The lowest BCUT2D eigenvalue weighted by molar-refractivity contribution is -0.139. The Morgan fingerprint density at radius 2 is 1.70 bits per heavy atom. The molecule has 2 N–H and O–H groups in total. The molecule has 0 saturated carbocycles. The SMILES string of the molecule is C[C@@H](/C=C/CCn1cc(C(CO)c2ccccc2)nn1)[C@]1(O)C(=O)N(Cc2ccc(N3C(=O)CCc4ccccc43)cc2)c2ccc(Br)cc21. The van der Waals surface area contributed by atoms with Gasteiger partial charge in [0.2, 0.25) is 5.91 Å². The van der Waals surface area contributed by atoms with Gasteiger partial charge in [-0.05, 0) is 65.9 Å². The van der Waals surface area contributed by atoms with Gasteiger partial charge in [-0.2, -0.15) is 0 Å². The van der Waals surface area contributed by atoms with Crippen LogP contribution >= 0.6 is 15.9 Å². The van der Waals surface area contributed by atoms with Crippen LogP contribution in [0.5, 0.6) is 0 Å². The van der Waals surface area contributed by atoms with Crippen LogP contribution in [0, 0.1) is 5.92 Å². The minimum atomic E-state index is -1.76. The maximum Gasteiger partial charge on any atom is 0.264 e. The first kappa shape index (κ1) is 33.6. The molecule has 0 aliphatic carbocycles. The number of aliphatic hydroxyl groups excluding tert-OH is 1. The summed E-state index contributed by atoms with van der Waals surface area (Å²) in [6.45, 7) is 2.60. The van der Waals surface area contributed by atoms with Crippen LogP contribution in [-0.4, -0.2) is 43.6 Å². The van der Waals surface area contributed by atoms with E-state index in [9.17, 15) is 19.8 Å². The van der Waals surface area contributed by atoms with Crippen molar-refractivity contribution in [2.24, 2.45) is 5.92 Å². The molecule has 0 radical (unpaired) electrons. The fourth-order valence-corrected chi connectivity index (χ4v) is 7.37. The molecule has 254 valence electrons. The third-order valence-corrected chi connectivity index (χ3v) is 10.3. The zero-order valence-electron chi connectivity index (χ0n) is 27.7. The molecule has 0 fully saturated rings. The van der Waals surface area contributed by atoms with Crippen LogP contribution in [0.2, 0.25) is 0 Å². The predicted octanol–water partition coefficient (Wildman–Crippen LogP) is 6.79. The van der Waals surface area contributed by atoms with Gasteiger partial charge in [0.05, 0.1) is 36.1 Å². The highest BCUT2D eigenvalue weighted by Crippen LogP contribution is 2.47. The first-order valence-electron chi connectivity index (χ1n) is 16.8. The van der Waals surface area contributed by atoms with Crippen molar-refractivity contribution < 1.29 is 19.8 Å². The summed E-state index contributed by atoms with van der Waals surface area (Å²) in [6.07, 6.45) is 7.48. The summed E-state index contributed by atoms with van der Waals surface area (Å²) in [5.41, 5.74) is 4.84. The number of allylic oxidation sites excluding steroid dienone is 1. The van der Waals surface area contributed by atoms with Gasteiger partial charge in [-0.1, -0.05) is 101 Å². The van der Waals surface area contributed by atoms with Crippen molar-refractivity contribution in [2.75, 3.05) is 16.4 Å². The Morgan fingerprint density at radius 1 is 0.940 bits per heavy atom. The number of hydrogen-bond acceptors (Lipinski definition) is 6. The molecule has 5 aromatic rings. The van der Waals surface area contributed by atoms with Gasteiger partial charge in [-0.15, -0.1) is 5.10 Å². The van der Waals surface area contributed by atoms with Gasteiger partial charge in [-0.25, -0.2) is 0 Å². The van der Waals surface area contributed by atoms with Gasteiger partial charge in [-0.3, -0.25) is 19.2 Å². The van der Waals surface area contributed by atoms with E-state index in [4.69, 9.17) is 0 Å². The second-order valence-corrected chi connectivity index (χ2v) is 13.8. The highest BCUT2D eigenvalue weighted by atomic mass is 79.9. The molecule has 10 heteroatoms. The number of halogens is 1. The molecule has 2 aliphatic heterocycles. The van der Waals surface area contributed by atoms with Crippen molar-refractivity contribution >= 4 is 44.8 Å². The van der Waals surface area contributed by atoms with E-state index >= 15 is 0 Å². The molecule has 1 unspecified atom stereocenters. The van der Waals surface area contributed by atoms with Crippen molar-refractivity contribution in [3.05, 3.63) is 148 Å². The maximum absolute atomic E-state index is 14.1. The van der Waals surface area contributed by atoms with Crippen LogP contribution in [0.3, 0.4) is 0 Å². The second-order valence-electron chi connectivity index (χ2n) is 12.9. The minimum absolute atomic E-state index is 0.0576. The summed E-state index contributed by atoms with van der Waals surface area (Å²) >= 11 is 3.53. The lowest BCUT2D eigenvalue weighted by Crippen LogP contribution is -2.44. The molecule has 0 saturated heterocycles. The van der Waals surface area contributed by atoms with Crippen molar-refractivity contribution in [1.29, 1.82) is 0 Å². The van der Waals surface area contributed by atoms with E-state index < -0.39 is 11.5 Å². The fourth-order valence-electron chi connectivity index (χ4n) is 7.00. The lowest BCUT2D eigenvalue weighted by Gasteiger charge is -2.30. The molecule has 4 aromatic carbocycles. The van der Waals surface area contributed by atoms with Gasteiger partial charge in [0.1, 0.15) is 0 Å². The molecule has 2 aliphatic rings. The third-order valence-electron chi connectivity index (χ3n) is 9.76. The lowest BCUT2D eigenvalue weighted by atomic mass is 9.83. The number of rotatable bonds is 11. The number of nitrogens with zero attached hydrogens (tertiary/aromatic N) is 5. The fraction of sp³-hybridized carbons (Fsp3) is 0.250. The number of amides is 2. The maximum atomic E-state index is 14.1. The van der Waals surface area contributed by atoms with Crippen molar-refractivity contribution in [3.8, 4) is 0 Å². The summed E-state index contributed by atoms with van der Waals surface area (Å²) in [7, 11) is 0. The number of aromatic nitrogens is 3. The molecule has 2 amide bonds. The highest BCUT2D eigenvalue weighted by Gasteiger charge is 2.52. The summed E-state index contributed by atoms with van der Waals surface area (Å²) in [6, 6.07) is 31.0. The van der Waals surface area contributed by atoms with Crippen LogP contribution < -0.4 is 9.80 Å². The number of anilines is 3. The van der Waals surface area contributed by atoms with E-state index in [1.54, 1.807) is 14.5 Å². The Morgan fingerprint density at radius 3 is 2.48 bits per heavy atom. The number of carbonyl (C=O) groups excluding carboxylic acids is 2. The van der Waals surface area contributed by atoms with E-state index in [2.05, 4.69) is 32.3 Å². The summed E-state index contributed by atoms with van der Waals surface area (Å²) in [5.74, 6) is -1.10. The zero-order chi connectivity index (χ0) is 34.8. The predicted molar refractivity (Wildman–Crippen MR) is 196 cm³/mol. The zero-order valence-corrected chi connectivity index (χ0v) is 29.3. The third kappa shape index (κ3) is 6.30. The van der Waals surface area contributed by atoms with Crippen molar-refractivity contribution in [2.45, 2.75) is 50.8 Å². The van der Waals surface area contributed by atoms with Crippen LogP contribution in [0.1, 0.15) is 53.6 Å². The standard InChI is InChI=1S/C40H38BrN5O4/c1-27(9-7-8-22-44-25-35(42-43-44)33(26-47)29-10-3-2-4-11-29)40(50)34-23-31(41)17-20-37(34)45(39(40)49)24-28-14-18-32(19-15-28)46-36-13-6-5-12-30(36)16-21-38(46)48/h2-7,9-15,17-20,23,25,27,33,47,50H,8,16,21-22,24,26H2,1H3/b9-7+/t27-,33?,40+/m0/s1. The molecule has 7 rings (SSSR count). The minimum Gasteiger partial charge on any atom is -0.395 e. The molecular formula is C40H38BrN5O4. The number of aliphatic hydroxyl groups is 2. The molecule has 1 aromatic heterocycles. The van der Waals surface area contributed by atoms with E-state index in [0.29, 0.717) is 36.3 Å². The number of para-hydroxylation sites is 1. The Kier molecular flexibility index (Phi) is 9.50. The first-order chi connectivity index (χ1) is 24.3. The quantitative estimate of drug-likeness (QED) is 0.145. The topological polar surface area (TPSA) is 112 Å². The summed E-state index contributed by atoms with van der Waals surface area (Å²) < 4.78 is 2.51. The van der Waals surface area contributed by atoms with Gasteiger partial charge in [0.15, 0.2) is 5.60 Å². The van der Waals surface area contributed by atoms with E-state index in [0.717, 1.165) is 39.0 Å². The number of fused-ring (bicyclic) bond motifs is 2. The Labute approximate surface area is 299 Å². The number of benzene rings is 4. The largest absolute Gasteiger partial charge is 0.395 e. The normalized spacial score (nSPS) is 18.4. The van der Waals surface area contributed by atoms with Gasteiger partial charge in [0, 0.05) is 40.8 Å². The monoisotopic (exact) mass is 731 g/mol. The number of aryl methyl sites for hydroxylation is 2. The van der Waals surface area contributed by atoms with Gasteiger partial charge < -0.3 is 15.1 Å². The summed E-state index contributed by atoms with van der Waals surface area (Å²) in [5, 5.41) is 30.7. The molecule has 0 spiro atoms. The molecule has 3 atom stereocenters. The average Bonchev–Trinajstić information content (AvgIpc) is 3.68. The average molecular weight is 733 g/mol. The van der Waals surface area contributed by atoms with E-state index in [-0.39, 0.29) is 30.9 Å². The van der Waals surface area contributed by atoms with Crippen LogP contribution in [0.15, 0.2) is 120 Å². The smallest absolute Gasteiger partial charge is 0.264 e. The first-order valence-corrected chi connectivity index (χ1v) is 17.6. The van der Waals surface area contributed by atoms with Crippen molar-refractivity contribution in [3.63, 3.8) is 0 Å². The molecule has 50 heavy (non-hydrogen) atoms. The van der Waals surface area contributed by atoms with Crippen LogP contribution in [0.4, 0.5) is 17.1 Å². The Balaban J connectivity index is 1.05. The van der Waals surface area contributed by atoms with Gasteiger partial charge in [0.25, 0.3) is 5.91 Å². The summed E-state index contributed by atoms with van der Waals surface area (Å²) in [4.78, 5) is 30.5. The molecule has 3 heterocycles. The van der Waals surface area contributed by atoms with Crippen LogP contribution in [0.25, 0.3) is 0 Å². The van der Waals surface area contributed by atoms with E-state index in [1.165, 1.54) is 0 Å². The number of carbonyl (C=O) groups is 2. The van der Waals surface area contributed by atoms with Crippen molar-refractivity contribution in [1.82, 2.24) is 15.0 Å². The van der Waals surface area contributed by atoms with Gasteiger partial charge >= 0.3 is 0 Å². The highest BCUT2D eigenvalue weighted by molar-refractivity contribution is 9.10. The van der Waals surface area contributed by atoms with Crippen LogP contribution in [-0.2, 0) is 34.7 Å². The Hall–Kier alpha value is -4.90. The second kappa shape index (κ2) is 14.1.